The topological polar surface area (TPSA) is 109 Å². The van der Waals surface area contributed by atoms with Crippen LogP contribution in [0.2, 0.25) is 0 Å². The third-order valence-electron chi connectivity index (χ3n) is 6.38. The van der Waals surface area contributed by atoms with Crippen molar-refractivity contribution in [3.05, 3.63) is 118 Å². The second kappa shape index (κ2) is 12.1. The number of allylic oxidation sites excluding steroid dienone is 2. The molecule has 5 aromatic rings. The van der Waals surface area contributed by atoms with Crippen LogP contribution in [0.1, 0.15) is 11.6 Å². The van der Waals surface area contributed by atoms with Crippen LogP contribution in [0.25, 0.3) is 44.9 Å². The van der Waals surface area contributed by atoms with Gasteiger partial charge in [-0.1, -0.05) is 60.7 Å². The predicted octanol–water partition coefficient (Wildman–Crippen LogP) is 4.74. The van der Waals surface area contributed by atoms with Crippen LogP contribution < -0.4 is 10.4 Å². The summed E-state index contributed by atoms with van der Waals surface area (Å²) in [5.74, 6) is 1.78. The number of benzene rings is 3. The first-order valence-electron chi connectivity index (χ1n) is 12.6. The first-order chi connectivity index (χ1) is 18.8. The van der Waals surface area contributed by atoms with E-state index in [1.165, 1.54) is 0 Å². The number of hydrogen-bond acceptors (Lipinski definition) is 4. The molecule has 0 atom stereocenters. The summed E-state index contributed by atoms with van der Waals surface area (Å²) in [6.45, 7) is 1.92. The van der Waals surface area contributed by atoms with Gasteiger partial charge in [0.15, 0.2) is 0 Å². The molecule has 3 N–H and O–H groups in total. The Morgan fingerprint density at radius 3 is 1.64 bits per heavy atom. The standard InChI is InChI=1S/C18H19N5O.C12H8N2.Ni/c24-10-9-23(11-17-19-13-5-1-2-6-14(13)20-17)12-18-21-15-7-3-4-8-16(15)22-18;1-3-9-5-6-10-4-2-8-14-12(10)11(9)13-7-1;/h1-8,24H,9-12H2,(H,19,20)(H,21,22);1-8H;/q;-2;+2. The van der Waals surface area contributed by atoms with Crippen LogP contribution in [0.5, 0.6) is 0 Å². The summed E-state index contributed by atoms with van der Waals surface area (Å²) in [6.07, 6.45) is 11.6. The number of imidazole rings is 2. The van der Waals surface area contributed by atoms with Gasteiger partial charge in [0, 0.05) is 6.54 Å². The molecule has 7 rings (SSSR count). The number of para-hydroxylation sites is 4. The van der Waals surface area contributed by atoms with Gasteiger partial charge < -0.3 is 25.7 Å². The van der Waals surface area contributed by atoms with Crippen LogP contribution in [-0.2, 0) is 29.6 Å². The van der Waals surface area contributed by atoms with E-state index in [-0.39, 0.29) is 23.1 Å². The molecule has 9 heteroatoms. The molecule has 0 radical (unpaired) electrons. The normalized spacial score (nSPS) is 12.8. The Hall–Kier alpha value is -4.17. The fourth-order valence-corrected chi connectivity index (χ4v) is 4.62. The van der Waals surface area contributed by atoms with Gasteiger partial charge in [-0.2, -0.15) is 12.4 Å². The van der Waals surface area contributed by atoms with Crippen LogP contribution in [0.15, 0.2) is 85.2 Å². The second-order valence-electron chi connectivity index (χ2n) is 9.05. The van der Waals surface area contributed by atoms with E-state index in [0.717, 1.165) is 55.5 Å². The van der Waals surface area contributed by atoms with E-state index in [1.54, 1.807) is 12.4 Å². The zero-order valence-electron chi connectivity index (χ0n) is 21.1. The molecule has 8 nitrogen and oxygen atoms in total. The van der Waals surface area contributed by atoms with Crippen LogP contribution in [0, 0.1) is 0 Å². The van der Waals surface area contributed by atoms with E-state index in [9.17, 15) is 5.11 Å². The summed E-state index contributed by atoms with van der Waals surface area (Å²) >= 11 is 0. The molecule has 0 saturated carbocycles. The molecule has 0 spiro atoms. The van der Waals surface area contributed by atoms with Gasteiger partial charge in [0.25, 0.3) is 0 Å². The van der Waals surface area contributed by atoms with Crippen LogP contribution in [-0.4, -0.2) is 43.1 Å². The van der Waals surface area contributed by atoms with Gasteiger partial charge in [-0.05, 0) is 34.7 Å². The maximum atomic E-state index is 9.37. The number of aliphatic hydroxyl groups excluding tert-OH is 1. The molecule has 0 fully saturated rings. The molecular weight excluding hydrogens is 533 g/mol. The molecule has 3 aromatic carbocycles. The third kappa shape index (κ3) is 5.96. The number of aliphatic hydroxyl groups is 1. The minimum Gasteiger partial charge on any atom is -0.665 e. The molecule has 2 aromatic heterocycles. The average molecular weight is 560 g/mol. The van der Waals surface area contributed by atoms with Crippen molar-refractivity contribution >= 4 is 45.6 Å². The summed E-state index contributed by atoms with van der Waals surface area (Å²) < 4.78 is 0. The number of aromatic amines is 2. The van der Waals surface area contributed by atoms with E-state index >= 15 is 0 Å². The zero-order valence-corrected chi connectivity index (χ0v) is 22.1. The van der Waals surface area contributed by atoms with Gasteiger partial charge >= 0.3 is 16.5 Å². The smallest absolute Gasteiger partial charge is 0.665 e. The van der Waals surface area contributed by atoms with Crippen molar-refractivity contribution in [1.82, 2.24) is 24.8 Å². The van der Waals surface area contributed by atoms with Crippen molar-refractivity contribution in [3.63, 3.8) is 0 Å². The summed E-state index contributed by atoms with van der Waals surface area (Å²) in [5, 5.41) is 20.3. The van der Waals surface area contributed by atoms with Crippen LogP contribution in [0.4, 0.5) is 11.4 Å². The van der Waals surface area contributed by atoms with Gasteiger partial charge in [-0.25, -0.2) is 9.97 Å². The Morgan fingerprint density at radius 1 is 0.692 bits per heavy atom. The van der Waals surface area contributed by atoms with Crippen molar-refractivity contribution in [2.24, 2.45) is 0 Å². The fourth-order valence-electron chi connectivity index (χ4n) is 4.62. The van der Waals surface area contributed by atoms with Crippen molar-refractivity contribution < 1.29 is 21.6 Å². The number of hydrogen-bond donors (Lipinski definition) is 3. The molecule has 39 heavy (non-hydrogen) atoms. The molecule has 0 bridgehead atoms. The SMILES string of the molecule is C1=C[N-]c2c3c(ccc2=C1)=CC=C[N-]3.OCCN(Cc1nc2ccccc2[nH]1)Cc1nc2ccccc2[nH]1.[Ni+2]. The fraction of sp³-hybridized carbons (Fsp3) is 0.133. The Morgan fingerprint density at radius 2 is 1.18 bits per heavy atom. The van der Waals surface area contributed by atoms with E-state index in [1.807, 2.05) is 60.7 Å². The first-order valence-corrected chi connectivity index (χ1v) is 12.6. The van der Waals surface area contributed by atoms with Gasteiger partial charge in [-0.15, -0.1) is 11.4 Å². The van der Waals surface area contributed by atoms with Crippen molar-refractivity contribution in [2.75, 3.05) is 13.2 Å². The minimum atomic E-state index is 0. The van der Waals surface area contributed by atoms with Crippen molar-refractivity contribution in [1.29, 1.82) is 0 Å². The van der Waals surface area contributed by atoms with E-state index in [4.69, 9.17) is 0 Å². The number of aromatic nitrogens is 4. The number of fused-ring (bicyclic) bond motifs is 5. The van der Waals surface area contributed by atoms with Crippen LogP contribution >= 0.6 is 0 Å². The molecule has 198 valence electrons. The summed E-state index contributed by atoms with van der Waals surface area (Å²) in [4.78, 5) is 18.0. The second-order valence-corrected chi connectivity index (χ2v) is 9.05. The quantitative estimate of drug-likeness (QED) is 0.261. The molecule has 4 heterocycles. The van der Waals surface area contributed by atoms with E-state index in [0.29, 0.717) is 19.6 Å². The van der Waals surface area contributed by atoms with Crippen molar-refractivity contribution in [3.8, 4) is 0 Å². The Kier molecular flexibility index (Phi) is 8.22. The molecule has 2 aliphatic rings. The predicted molar refractivity (Wildman–Crippen MR) is 152 cm³/mol. The summed E-state index contributed by atoms with van der Waals surface area (Å²) in [6, 6.07) is 20.1. The monoisotopic (exact) mass is 559 g/mol. The number of nitrogens with zero attached hydrogens (tertiary/aromatic N) is 5. The maximum absolute atomic E-state index is 9.37. The Balaban J connectivity index is 0.000000175. The van der Waals surface area contributed by atoms with E-state index < -0.39 is 0 Å². The average Bonchev–Trinajstić information content (AvgIpc) is 3.56. The largest absolute Gasteiger partial charge is 2.00 e. The van der Waals surface area contributed by atoms with E-state index in [2.05, 4.69) is 59.8 Å². The molecule has 0 unspecified atom stereocenters. The maximum Gasteiger partial charge on any atom is 2.00 e. The minimum absolute atomic E-state index is 0. The van der Waals surface area contributed by atoms with Crippen LogP contribution in [0.3, 0.4) is 0 Å². The molecule has 0 aliphatic carbocycles. The molecule has 2 aliphatic heterocycles. The number of H-pyrrole nitrogens is 2. The Bertz CT molecular complexity index is 1580. The number of rotatable bonds is 6. The van der Waals surface area contributed by atoms with Gasteiger partial charge in [-0.3, -0.25) is 4.90 Å². The van der Waals surface area contributed by atoms with Crippen molar-refractivity contribution in [2.45, 2.75) is 13.1 Å². The van der Waals surface area contributed by atoms with Gasteiger partial charge in [0.1, 0.15) is 11.6 Å². The summed E-state index contributed by atoms with van der Waals surface area (Å²) in [7, 11) is 0. The third-order valence-corrected chi connectivity index (χ3v) is 6.38. The molecule has 0 saturated heterocycles. The zero-order chi connectivity index (χ0) is 25.7. The Labute approximate surface area is 235 Å². The molecule has 0 amide bonds. The first kappa shape index (κ1) is 26.4. The summed E-state index contributed by atoms with van der Waals surface area (Å²) in [5.41, 5.74) is 5.93. The molecular formula is C30H27N7NiO. The van der Waals surface area contributed by atoms with Gasteiger partial charge in [0.2, 0.25) is 0 Å². The number of nitrogens with one attached hydrogen (secondary N) is 2. The van der Waals surface area contributed by atoms with Gasteiger partial charge in [0.05, 0.1) is 41.8 Å².